The van der Waals surface area contributed by atoms with Crippen LogP contribution in [0.4, 0.5) is 13.2 Å². The van der Waals surface area contributed by atoms with Crippen LogP contribution in [0.5, 0.6) is 0 Å². The van der Waals surface area contributed by atoms with E-state index in [1.54, 1.807) is 6.07 Å². The lowest BCUT2D eigenvalue weighted by atomic mass is 9.60. The topological polar surface area (TPSA) is 27.0 Å². The lowest BCUT2D eigenvalue weighted by Crippen LogP contribution is -2.40. The minimum atomic E-state index is -4.45. The molecule has 5 heteroatoms. The van der Waals surface area contributed by atoms with Crippen LogP contribution in [-0.2, 0) is 18.0 Å². The van der Waals surface area contributed by atoms with Gasteiger partial charge in [0.25, 0.3) is 0 Å². The maximum Gasteiger partial charge on any atom is 0.416 e. The zero-order chi connectivity index (χ0) is 21.6. The van der Waals surface area contributed by atoms with E-state index in [9.17, 15) is 18.4 Å². The third-order valence-electron chi connectivity index (χ3n) is 6.45. The summed E-state index contributed by atoms with van der Waals surface area (Å²) in [5.41, 5.74) is -0.290. The Balaban J connectivity index is 1.70. The van der Waals surface area contributed by atoms with Crippen LogP contribution >= 0.6 is 0 Å². The smallest absolute Gasteiger partial charge is 0.306 e. The monoisotopic (exact) mass is 414 g/mol. The maximum absolute atomic E-state index is 13.7. The van der Waals surface area contributed by atoms with Gasteiger partial charge in [0.15, 0.2) is 0 Å². The summed E-state index contributed by atoms with van der Waals surface area (Å²) in [4.78, 5) is 2.20. The Morgan fingerprint density at radius 1 is 0.967 bits per heavy atom. The van der Waals surface area contributed by atoms with E-state index in [0.717, 1.165) is 44.8 Å². The van der Waals surface area contributed by atoms with E-state index in [4.69, 9.17) is 0 Å². The average molecular weight is 415 g/mol. The number of rotatable bonds is 9. The summed E-state index contributed by atoms with van der Waals surface area (Å²) in [6.45, 7) is 1.64. The molecule has 0 aliphatic heterocycles. The number of nitriles is 1. The summed E-state index contributed by atoms with van der Waals surface area (Å²) in [6, 6.07) is 18.3. The van der Waals surface area contributed by atoms with Crippen molar-refractivity contribution in [2.75, 3.05) is 20.1 Å². The minimum absolute atomic E-state index is 0.000579. The molecule has 2 aromatic carbocycles. The molecule has 0 N–H and O–H groups in total. The second-order valence-electron chi connectivity index (χ2n) is 8.40. The lowest BCUT2D eigenvalue weighted by molar-refractivity contribution is -0.139. The van der Waals surface area contributed by atoms with Crippen LogP contribution in [0, 0.1) is 17.2 Å². The first-order valence-corrected chi connectivity index (χ1v) is 10.7. The third kappa shape index (κ3) is 5.05. The predicted molar refractivity (Wildman–Crippen MR) is 113 cm³/mol. The van der Waals surface area contributed by atoms with E-state index in [1.807, 2.05) is 25.2 Å². The van der Waals surface area contributed by atoms with E-state index in [0.29, 0.717) is 12.8 Å². The van der Waals surface area contributed by atoms with Gasteiger partial charge in [0, 0.05) is 6.54 Å². The van der Waals surface area contributed by atoms with Gasteiger partial charge in [-0.05, 0) is 68.8 Å². The van der Waals surface area contributed by atoms with Crippen LogP contribution in [0.25, 0.3) is 0 Å². The van der Waals surface area contributed by atoms with Gasteiger partial charge in [-0.1, -0.05) is 55.0 Å². The summed E-state index contributed by atoms with van der Waals surface area (Å²) in [5, 5.41) is 10.1. The molecule has 2 nitrogen and oxygen atoms in total. The van der Waals surface area contributed by atoms with E-state index in [2.05, 4.69) is 23.1 Å². The number of hydrogen-bond acceptors (Lipinski definition) is 2. The molecular formula is C25H29F3N2. The zero-order valence-electron chi connectivity index (χ0n) is 17.5. The fourth-order valence-corrected chi connectivity index (χ4v) is 4.49. The Morgan fingerprint density at radius 3 is 2.17 bits per heavy atom. The highest BCUT2D eigenvalue weighted by molar-refractivity contribution is 5.42. The van der Waals surface area contributed by atoms with Crippen LogP contribution in [0.15, 0.2) is 54.6 Å². The Kier molecular flexibility index (Phi) is 7.20. The van der Waals surface area contributed by atoms with Gasteiger partial charge in [0.05, 0.1) is 17.0 Å². The van der Waals surface area contributed by atoms with Crippen LogP contribution in [0.2, 0.25) is 0 Å². The van der Waals surface area contributed by atoms with Gasteiger partial charge in [-0.15, -0.1) is 0 Å². The first kappa shape index (κ1) is 22.4. The molecule has 0 aromatic heterocycles. The van der Waals surface area contributed by atoms with Crippen molar-refractivity contribution in [3.8, 4) is 6.07 Å². The molecule has 1 aliphatic carbocycles. The molecule has 0 heterocycles. The molecule has 0 radical (unpaired) electrons. The lowest BCUT2D eigenvalue weighted by Gasteiger charge is -2.42. The normalized spacial score (nSPS) is 16.7. The predicted octanol–water partition coefficient (Wildman–Crippen LogP) is 6.22. The van der Waals surface area contributed by atoms with E-state index in [1.165, 1.54) is 17.7 Å². The van der Waals surface area contributed by atoms with Crippen molar-refractivity contribution >= 4 is 0 Å². The Labute approximate surface area is 177 Å². The molecular weight excluding hydrogens is 385 g/mol. The van der Waals surface area contributed by atoms with Gasteiger partial charge in [0.1, 0.15) is 0 Å². The van der Waals surface area contributed by atoms with Crippen molar-refractivity contribution in [2.24, 2.45) is 5.92 Å². The first-order valence-electron chi connectivity index (χ1n) is 10.7. The summed E-state index contributed by atoms with van der Waals surface area (Å²) < 4.78 is 41.1. The summed E-state index contributed by atoms with van der Waals surface area (Å²) in [7, 11) is 2.03. The highest BCUT2D eigenvalue weighted by Gasteiger charge is 2.47. The van der Waals surface area contributed by atoms with Gasteiger partial charge in [0.2, 0.25) is 0 Å². The second-order valence-corrected chi connectivity index (χ2v) is 8.40. The van der Waals surface area contributed by atoms with Crippen molar-refractivity contribution in [2.45, 2.75) is 50.1 Å². The van der Waals surface area contributed by atoms with E-state index >= 15 is 0 Å². The molecule has 160 valence electrons. The molecule has 0 amide bonds. The SMILES string of the molecule is CN(CCCC(C#N)(c1ccccc1C(F)(F)F)C1CCC1)CCc1ccccc1. The summed E-state index contributed by atoms with van der Waals surface area (Å²) >= 11 is 0. The van der Waals surface area contributed by atoms with Crippen LogP contribution in [-0.4, -0.2) is 25.0 Å². The van der Waals surface area contributed by atoms with Crippen molar-refractivity contribution in [1.82, 2.24) is 4.90 Å². The van der Waals surface area contributed by atoms with Gasteiger partial charge in [-0.3, -0.25) is 0 Å². The molecule has 30 heavy (non-hydrogen) atoms. The fraction of sp³-hybridized carbons (Fsp3) is 0.480. The summed E-state index contributed by atoms with van der Waals surface area (Å²) in [6.07, 6.45) is 0.264. The van der Waals surface area contributed by atoms with E-state index in [-0.39, 0.29) is 11.5 Å². The fourth-order valence-electron chi connectivity index (χ4n) is 4.49. The van der Waals surface area contributed by atoms with Crippen molar-refractivity contribution in [1.29, 1.82) is 5.26 Å². The molecule has 1 aliphatic rings. The highest BCUT2D eigenvalue weighted by Crippen LogP contribution is 2.50. The number of likely N-dealkylation sites (N-methyl/N-ethyl adjacent to an activating group) is 1. The van der Waals surface area contributed by atoms with Gasteiger partial charge in [-0.2, -0.15) is 18.4 Å². The molecule has 2 aromatic rings. The molecule has 1 saturated carbocycles. The minimum Gasteiger partial charge on any atom is -0.306 e. The molecule has 1 atom stereocenters. The Hall–Kier alpha value is -2.32. The molecule has 0 spiro atoms. The average Bonchev–Trinajstić information content (AvgIpc) is 2.70. The highest BCUT2D eigenvalue weighted by atomic mass is 19.4. The van der Waals surface area contributed by atoms with Crippen molar-refractivity contribution in [3.63, 3.8) is 0 Å². The largest absolute Gasteiger partial charge is 0.416 e. The van der Waals surface area contributed by atoms with Crippen molar-refractivity contribution < 1.29 is 13.2 Å². The third-order valence-corrected chi connectivity index (χ3v) is 6.45. The quantitative estimate of drug-likeness (QED) is 0.487. The Morgan fingerprint density at radius 2 is 1.60 bits per heavy atom. The van der Waals surface area contributed by atoms with Crippen LogP contribution in [0.1, 0.15) is 48.8 Å². The van der Waals surface area contributed by atoms with Crippen molar-refractivity contribution in [3.05, 3.63) is 71.3 Å². The summed E-state index contributed by atoms with van der Waals surface area (Å²) in [5.74, 6) is 0.000579. The molecule has 0 bridgehead atoms. The Bertz CT molecular complexity index is 853. The molecule has 0 saturated heterocycles. The first-order chi connectivity index (χ1) is 14.4. The van der Waals surface area contributed by atoms with Gasteiger partial charge in [-0.25, -0.2) is 0 Å². The molecule has 1 unspecified atom stereocenters. The van der Waals surface area contributed by atoms with Gasteiger partial charge >= 0.3 is 6.18 Å². The number of hydrogen-bond donors (Lipinski definition) is 0. The second kappa shape index (κ2) is 9.66. The zero-order valence-corrected chi connectivity index (χ0v) is 17.5. The number of nitrogens with zero attached hydrogens (tertiary/aromatic N) is 2. The van der Waals surface area contributed by atoms with E-state index < -0.39 is 17.2 Å². The standard InChI is InChI=1S/C25H29F3N2/c1-30(18-15-20-9-3-2-4-10-20)17-8-16-24(19-29,21-11-7-12-21)22-13-5-6-14-23(22)25(26,27)28/h2-6,9-10,13-14,21H,7-8,11-12,15-18H2,1H3. The number of alkyl halides is 3. The molecule has 1 fully saturated rings. The number of benzene rings is 2. The van der Waals surface area contributed by atoms with Gasteiger partial charge < -0.3 is 4.90 Å². The van der Waals surface area contributed by atoms with Crippen LogP contribution < -0.4 is 0 Å². The molecule has 3 rings (SSSR count). The number of halogens is 3. The maximum atomic E-state index is 13.7. The van der Waals surface area contributed by atoms with Crippen LogP contribution in [0.3, 0.4) is 0 Å².